The van der Waals surface area contributed by atoms with Crippen molar-refractivity contribution < 1.29 is 9.53 Å². The number of carbonyl (C=O) groups excluding carboxylic acids is 1. The molecule has 4 nitrogen and oxygen atoms in total. The summed E-state index contributed by atoms with van der Waals surface area (Å²) < 4.78 is 5.08. The second kappa shape index (κ2) is 7.43. The molecule has 1 heterocycles. The van der Waals surface area contributed by atoms with Crippen molar-refractivity contribution in [3.63, 3.8) is 0 Å². The lowest BCUT2D eigenvalue weighted by Crippen LogP contribution is -2.23. The van der Waals surface area contributed by atoms with Crippen LogP contribution in [0.2, 0.25) is 0 Å². The second-order valence-electron chi connectivity index (χ2n) is 4.67. The van der Waals surface area contributed by atoms with Crippen molar-refractivity contribution in [1.29, 1.82) is 5.26 Å². The highest BCUT2D eigenvalue weighted by Crippen LogP contribution is 2.19. The molecule has 0 spiro atoms. The molecule has 112 valence electrons. The first-order chi connectivity index (χ1) is 10.6. The maximum atomic E-state index is 12.1. The van der Waals surface area contributed by atoms with Crippen molar-refractivity contribution in [2.24, 2.45) is 0 Å². The van der Waals surface area contributed by atoms with Gasteiger partial charge in [-0.15, -0.1) is 11.3 Å². The number of methoxy groups -OCH3 is 1. The van der Waals surface area contributed by atoms with E-state index in [1.165, 1.54) is 11.3 Å². The monoisotopic (exact) mass is 312 g/mol. The van der Waals surface area contributed by atoms with E-state index in [4.69, 9.17) is 10.00 Å². The van der Waals surface area contributed by atoms with Crippen molar-refractivity contribution in [2.45, 2.75) is 13.5 Å². The van der Waals surface area contributed by atoms with Gasteiger partial charge >= 0.3 is 0 Å². The summed E-state index contributed by atoms with van der Waals surface area (Å²) in [6.45, 7) is 2.32. The minimum atomic E-state index is -0.369. The number of hydrogen-bond acceptors (Lipinski definition) is 4. The molecule has 0 aliphatic heterocycles. The Bertz CT molecular complexity index is 724. The Hall–Kier alpha value is -2.58. The summed E-state index contributed by atoms with van der Waals surface area (Å²) in [5.41, 5.74) is 2.11. The largest absolute Gasteiger partial charge is 0.497 e. The molecule has 0 fully saturated rings. The molecule has 0 radical (unpaired) electrons. The van der Waals surface area contributed by atoms with E-state index < -0.39 is 0 Å². The Balaban J connectivity index is 2.02. The van der Waals surface area contributed by atoms with Gasteiger partial charge < -0.3 is 10.1 Å². The fourth-order valence-corrected chi connectivity index (χ4v) is 2.69. The molecule has 0 atom stereocenters. The first-order valence-electron chi connectivity index (χ1n) is 6.71. The molecule has 2 aromatic rings. The minimum Gasteiger partial charge on any atom is -0.497 e. The number of hydrogen-bond donors (Lipinski definition) is 1. The summed E-state index contributed by atoms with van der Waals surface area (Å²) in [5, 5.41) is 13.8. The summed E-state index contributed by atoms with van der Waals surface area (Å²) in [6, 6.07) is 11.3. The number of thiophene rings is 1. The molecular weight excluding hydrogens is 296 g/mol. The summed E-state index contributed by atoms with van der Waals surface area (Å²) in [7, 11) is 1.60. The average Bonchev–Trinajstić information content (AvgIpc) is 2.95. The quantitative estimate of drug-likeness (QED) is 0.680. The topological polar surface area (TPSA) is 62.1 Å². The van der Waals surface area contributed by atoms with Crippen LogP contribution in [0, 0.1) is 18.3 Å². The third-order valence-electron chi connectivity index (χ3n) is 3.15. The van der Waals surface area contributed by atoms with Crippen LogP contribution in [-0.2, 0) is 11.3 Å². The van der Waals surface area contributed by atoms with Crippen molar-refractivity contribution in [2.75, 3.05) is 7.11 Å². The van der Waals surface area contributed by atoms with Gasteiger partial charge in [0.15, 0.2) is 0 Å². The van der Waals surface area contributed by atoms with Gasteiger partial charge in [0.2, 0.25) is 0 Å². The molecule has 1 amide bonds. The van der Waals surface area contributed by atoms with Crippen LogP contribution in [0.1, 0.15) is 16.0 Å². The highest BCUT2D eigenvalue weighted by atomic mass is 32.1. The van der Waals surface area contributed by atoms with Crippen LogP contribution < -0.4 is 10.1 Å². The van der Waals surface area contributed by atoms with Crippen molar-refractivity contribution in [3.05, 3.63) is 57.3 Å². The van der Waals surface area contributed by atoms with Crippen LogP contribution in [0.5, 0.6) is 5.75 Å². The third kappa shape index (κ3) is 3.96. The van der Waals surface area contributed by atoms with Crippen molar-refractivity contribution in [1.82, 2.24) is 5.32 Å². The number of benzene rings is 1. The highest BCUT2D eigenvalue weighted by Gasteiger charge is 2.10. The molecule has 0 unspecified atom stereocenters. The molecule has 1 N–H and O–H groups in total. The van der Waals surface area contributed by atoms with E-state index >= 15 is 0 Å². The van der Waals surface area contributed by atoms with E-state index in [-0.39, 0.29) is 11.5 Å². The first kappa shape index (κ1) is 15.8. The SMILES string of the molecule is COc1ccc(CNC(=O)C(C#N)=Cc2sccc2C)cc1. The smallest absolute Gasteiger partial charge is 0.262 e. The number of rotatable bonds is 5. The van der Waals surface area contributed by atoms with Gasteiger partial charge in [0.25, 0.3) is 5.91 Å². The van der Waals surface area contributed by atoms with Gasteiger partial charge in [0.1, 0.15) is 17.4 Å². The molecular formula is C17H16N2O2S. The molecule has 2 rings (SSSR count). The number of ether oxygens (including phenoxy) is 1. The Labute approximate surface area is 133 Å². The van der Waals surface area contributed by atoms with Crippen LogP contribution in [0.4, 0.5) is 0 Å². The van der Waals surface area contributed by atoms with E-state index in [0.717, 1.165) is 21.8 Å². The predicted octanol–water partition coefficient (Wildman–Crippen LogP) is 3.29. The maximum Gasteiger partial charge on any atom is 0.262 e. The number of carbonyl (C=O) groups is 1. The number of amides is 1. The van der Waals surface area contributed by atoms with Gasteiger partial charge in [0.05, 0.1) is 7.11 Å². The Morgan fingerprint density at radius 3 is 2.64 bits per heavy atom. The zero-order valence-electron chi connectivity index (χ0n) is 12.4. The predicted molar refractivity (Wildman–Crippen MR) is 87.5 cm³/mol. The Morgan fingerprint density at radius 1 is 1.36 bits per heavy atom. The van der Waals surface area contributed by atoms with E-state index in [2.05, 4.69) is 5.32 Å². The molecule has 5 heteroatoms. The molecule has 1 aromatic heterocycles. The minimum absolute atomic E-state index is 0.110. The molecule has 22 heavy (non-hydrogen) atoms. The molecule has 0 saturated carbocycles. The average molecular weight is 312 g/mol. The molecule has 1 aromatic carbocycles. The van der Waals surface area contributed by atoms with Gasteiger partial charge in [-0.1, -0.05) is 12.1 Å². The Kier molecular flexibility index (Phi) is 5.34. The zero-order chi connectivity index (χ0) is 15.9. The fourth-order valence-electron chi connectivity index (χ4n) is 1.83. The Morgan fingerprint density at radius 2 is 2.09 bits per heavy atom. The molecule has 0 saturated heterocycles. The van der Waals surface area contributed by atoms with Gasteiger partial charge in [0, 0.05) is 11.4 Å². The normalized spacial score (nSPS) is 10.9. The third-order valence-corrected chi connectivity index (χ3v) is 4.12. The zero-order valence-corrected chi connectivity index (χ0v) is 13.2. The lowest BCUT2D eigenvalue weighted by molar-refractivity contribution is -0.117. The summed E-state index contributed by atoms with van der Waals surface area (Å²) in [4.78, 5) is 13.0. The second-order valence-corrected chi connectivity index (χ2v) is 5.62. The van der Waals surface area contributed by atoms with Crippen LogP contribution >= 0.6 is 11.3 Å². The van der Waals surface area contributed by atoms with Gasteiger partial charge in [-0.3, -0.25) is 4.79 Å². The number of nitriles is 1. The highest BCUT2D eigenvalue weighted by molar-refractivity contribution is 7.11. The van der Waals surface area contributed by atoms with E-state index in [1.54, 1.807) is 13.2 Å². The summed E-state index contributed by atoms with van der Waals surface area (Å²) >= 11 is 1.51. The number of nitrogens with zero attached hydrogens (tertiary/aromatic N) is 1. The maximum absolute atomic E-state index is 12.1. The van der Waals surface area contributed by atoms with E-state index in [9.17, 15) is 4.79 Å². The fraction of sp³-hybridized carbons (Fsp3) is 0.176. The van der Waals surface area contributed by atoms with Gasteiger partial charge in [-0.25, -0.2) is 0 Å². The van der Waals surface area contributed by atoms with Crippen LogP contribution in [-0.4, -0.2) is 13.0 Å². The lowest BCUT2D eigenvalue weighted by Gasteiger charge is -2.05. The van der Waals surface area contributed by atoms with Gasteiger partial charge in [-0.05, 0) is 47.7 Å². The van der Waals surface area contributed by atoms with Gasteiger partial charge in [-0.2, -0.15) is 5.26 Å². The van der Waals surface area contributed by atoms with E-state index in [1.807, 2.05) is 48.7 Å². The summed E-state index contributed by atoms with van der Waals surface area (Å²) in [5.74, 6) is 0.395. The molecule has 0 bridgehead atoms. The van der Waals surface area contributed by atoms with Crippen LogP contribution in [0.3, 0.4) is 0 Å². The number of nitrogens with one attached hydrogen (secondary N) is 1. The summed E-state index contributed by atoms with van der Waals surface area (Å²) in [6.07, 6.45) is 1.63. The standard InChI is InChI=1S/C17H16N2O2S/c1-12-7-8-22-16(12)9-14(10-18)17(20)19-11-13-3-5-15(21-2)6-4-13/h3-9H,11H2,1-2H3,(H,19,20). The van der Waals surface area contributed by atoms with Crippen LogP contribution in [0.25, 0.3) is 6.08 Å². The number of aryl methyl sites for hydroxylation is 1. The molecule has 0 aliphatic rings. The van der Waals surface area contributed by atoms with E-state index in [0.29, 0.717) is 6.54 Å². The van der Waals surface area contributed by atoms with Crippen molar-refractivity contribution in [3.8, 4) is 11.8 Å². The van der Waals surface area contributed by atoms with Crippen molar-refractivity contribution >= 4 is 23.3 Å². The molecule has 0 aliphatic carbocycles. The van der Waals surface area contributed by atoms with Crippen LogP contribution in [0.15, 0.2) is 41.3 Å². The lowest BCUT2D eigenvalue weighted by atomic mass is 10.2. The first-order valence-corrected chi connectivity index (χ1v) is 7.59.